The molecule has 0 spiro atoms. The molecule has 0 amide bonds. The Morgan fingerprint density at radius 3 is 2.30 bits per heavy atom. The molecule has 0 radical (unpaired) electrons. The highest BCUT2D eigenvalue weighted by molar-refractivity contribution is 7.86. The number of ether oxygens (including phenoxy) is 1. The Morgan fingerprint density at radius 2 is 1.67 bits per heavy atom. The van der Waals surface area contributed by atoms with Crippen LogP contribution in [0.15, 0.2) is 59.5 Å². The van der Waals surface area contributed by atoms with Gasteiger partial charge >= 0.3 is 0 Å². The number of benzene rings is 2. The topological polar surface area (TPSA) is 81.7 Å². The molecule has 146 valence electrons. The largest absolute Gasteiger partial charge is 0.463 e. The monoisotopic (exact) mass is 391 g/mol. The van der Waals surface area contributed by atoms with Crippen molar-refractivity contribution in [3.05, 3.63) is 65.7 Å². The van der Waals surface area contributed by atoms with Gasteiger partial charge in [-0.1, -0.05) is 48.5 Å². The summed E-state index contributed by atoms with van der Waals surface area (Å²) in [5.41, 5.74) is 1.73. The smallest absolute Gasteiger partial charge is 0.297 e. The molecule has 0 aromatic heterocycles. The second-order valence-electron chi connectivity index (χ2n) is 6.16. The molecule has 1 fully saturated rings. The summed E-state index contributed by atoms with van der Waals surface area (Å²) in [5, 5.41) is 3.18. The lowest BCUT2D eigenvalue weighted by molar-refractivity contribution is -0.129. The van der Waals surface area contributed by atoms with Crippen molar-refractivity contribution in [3.63, 3.8) is 0 Å². The lowest BCUT2D eigenvalue weighted by atomic mass is 10.1. The van der Waals surface area contributed by atoms with Gasteiger partial charge in [-0.15, -0.1) is 0 Å². The minimum Gasteiger partial charge on any atom is -0.463 e. The third-order valence-electron chi connectivity index (χ3n) is 4.07. The second kappa shape index (κ2) is 10.8. The lowest BCUT2D eigenvalue weighted by Crippen LogP contribution is -2.33. The maximum absolute atomic E-state index is 12.1. The number of carbonyl (C=O) groups is 1. The minimum absolute atomic E-state index is 0.194. The van der Waals surface area contributed by atoms with Crippen molar-refractivity contribution >= 4 is 16.6 Å². The zero-order chi connectivity index (χ0) is 19.5. The molecule has 0 atom stereocenters. The summed E-state index contributed by atoms with van der Waals surface area (Å²) in [6.07, 6.45) is 1.29. The molecule has 27 heavy (non-hydrogen) atoms. The molecule has 0 unspecified atom stereocenters. The molecule has 2 aromatic rings. The molecule has 1 N–H and O–H groups in total. The van der Waals surface area contributed by atoms with Crippen LogP contribution in [0, 0.1) is 6.92 Å². The van der Waals surface area contributed by atoms with Gasteiger partial charge in [0, 0.05) is 0 Å². The van der Waals surface area contributed by atoms with Gasteiger partial charge in [0.2, 0.25) is 0 Å². The summed E-state index contributed by atoms with van der Waals surface area (Å²) < 4.78 is 34.0. The minimum atomic E-state index is -3.62. The van der Waals surface area contributed by atoms with E-state index < -0.39 is 10.1 Å². The molecule has 1 aliphatic rings. The standard InChI is InChI=1S/C12H17NO3S.C8H8O2/c1-10-4-2-3-5-12(10)17(14,15)16-11-6-8-13-9-7-11;9-7-10-6-8-4-2-1-3-5-8/h2-5,11,13H,6-9H2,1H3;1-5,7H,6H2. The van der Waals surface area contributed by atoms with Crippen LogP contribution in [-0.4, -0.2) is 34.1 Å². The Kier molecular flexibility index (Phi) is 8.44. The zero-order valence-electron chi connectivity index (χ0n) is 15.3. The van der Waals surface area contributed by atoms with Crippen LogP contribution in [0.5, 0.6) is 0 Å². The Balaban J connectivity index is 0.000000223. The third kappa shape index (κ3) is 7.13. The predicted octanol–water partition coefficient (Wildman–Crippen LogP) is 2.81. The summed E-state index contributed by atoms with van der Waals surface area (Å²) in [5.74, 6) is 0. The first-order chi connectivity index (χ1) is 13.0. The van der Waals surface area contributed by atoms with Crippen molar-refractivity contribution < 1.29 is 22.1 Å². The molecule has 1 aliphatic heterocycles. The molecular weight excluding hydrogens is 366 g/mol. The van der Waals surface area contributed by atoms with Gasteiger partial charge in [-0.05, 0) is 50.0 Å². The molecule has 0 saturated carbocycles. The first kappa shape index (κ1) is 21.1. The number of carbonyl (C=O) groups excluding carboxylic acids is 1. The first-order valence-corrected chi connectivity index (χ1v) is 10.2. The fourth-order valence-corrected chi connectivity index (χ4v) is 4.03. The maximum Gasteiger partial charge on any atom is 0.297 e. The fourth-order valence-electron chi connectivity index (χ4n) is 2.66. The Morgan fingerprint density at radius 1 is 1.04 bits per heavy atom. The quantitative estimate of drug-likeness (QED) is 0.602. The normalized spacial score (nSPS) is 14.7. The van der Waals surface area contributed by atoms with Crippen molar-refractivity contribution in [2.24, 2.45) is 0 Å². The van der Waals surface area contributed by atoms with Crippen molar-refractivity contribution in [1.29, 1.82) is 0 Å². The number of piperidine rings is 1. The van der Waals surface area contributed by atoms with Gasteiger partial charge in [-0.3, -0.25) is 8.98 Å². The van der Waals surface area contributed by atoms with Gasteiger partial charge in [-0.2, -0.15) is 8.42 Å². The van der Waals surface area contributed by atoms with Crippen molar-refractivity contribution in [3.8, 4) is 0 Å². The van der Waals surface area contributed by atoms with Crippen molar-refractivity contribution in [2.75, 3.05) is 13.1 Å². The first-order valence-electron chi connectivity index (χ1n) is 8.82. The van der Waals surface area contributed by atoms with Gasteiger partial charge in [0.25, 0.3) is 16.6 Å². The summed E-state index contributed by atoms with van der Waals surface area (Å²) in [4.78, 5) is 10.0. The molecule has 0 aliphatic carbocycles. The molecule has 0 bridgehead atoms. The number of nitrogens with one attached hydrogen (secondary N) is 1. The average Bonchev–Trinajstić information content (AvgIpc) is 2.68. The second-order valence-corrected chi connectivity index (χ2v) is 7.70. The molecule has 3 rings (SSSR count). The van der Waals surface area contributed by atoms with Crippen LogP contribution in [0.25, 0.3) is 0 Å². The molecule has 2 aromatic carbocycles. The SMILES string of the molecule is Cc1ccccc1S(=O)(=O)OC1CCNCC1.O=COCc1ccccc1. The zero-order valence-corrected chi connectivity index (χ0v) is 16.2. The van der Waals surface area contributed by atoms with Crippen molar-refractivity contribution in [2.45, 2.75) is 37.4 Å². The number of rotatable bonds is 6. The molecule has 7 heteroatoms. The fraction of sp³-hybridized carbons (Fsp3) is 0.350. The third-order valence-corrected chi connectivity index (χ3v) is 5.59. The predicted molar refractivity (Wildman–Crippen MR) is 103 cm³/mol. The van der Waals surface area contributed by atoms with Gasteiger partial charge in [-0.25, -0.2) is 0 Å². The number of aryl methyl sites for hydroxylation is 1. The summed E-state index contributed by atoms with van der Waals surface area (Å²) in [6, 6.07) is 16.4. The van der Waals surface area contributed by atoms with Gasteiger partial charge in [0.15, 0.2) is 0 Å². The van der Waals surface area contributed by atoms with Crippen molar-refractivity contribution in [1.82, 2.24) is 5.32 Å². The van der Waals surface area contributed by atoms with E-state index in [1.54, 1.807) is 25.1 Å². The Hall–Kier alpha value is -2.22. The van der Waals surface area contributed by atoms with Gasteiger partial charge < -0.3 is 10.1 Å². The number of hydrogen-bond acceptors (Lipinski definition) is 6. The van der Waals surface area contributed by atoms with Crippen LogP contribution in [0.2, 0.25) is 0 Å². The highest BCUT2D eigenvalue weighted by atomic mass is 32.2. The summed E-state index contributed by atoms with van der Waals surface area (Å²) >= 11 is 0. The van der Waals surface area contributed by atoms with E-state index in [-0.39, 0.29) is 11.0 Å². The Labute approximate surface area is 160 Å². The van der Waals surface area contributed by atoms with Gasteiger partial charge in [0.1, 0.15) is 6.61 Å². The van der Waals surface area contributed by atoms with Crippen LogP contribution >= 0.6 is 0 Å². The van der Waals surface area contributed by atoms with E-state index in [1.165, 1.54) is 0 Å². The van der Waals surface area contributed by atoms with Crippen LogP contribution in [-0.2, 0) is 30.4 Å². The molecule has 1 heterocycles. The van der Waals surface area contributed by atoms with E-state index in [0.717, 1.165) is 37.1 Å². The Bertz CT molecular complexity index is 802. The highest BCUT2D eigenvalue weighted by Gasteiger charge is 2.24. The van der Waals surface area contributed by atoms with E-state index in [1.807, 2.05) is 36.4 Å². The van der Waals surface area contributed by atoms with Crippen LogP contribution in [0.1, 0.15) is 24.0 Å². The molecular formula is C20H25NO5S. The van der Waals surface area contributed by atoms with E-state index in [9.17, 15) is 13.2 Å². The van der Waals surface area contributed by atoms with Gasteiger partial charge in [0.05, 0.1) is 11.0 Å². The van der Waals surface area contributed by atoms with E-state index in [4.69, 9.17) is 4.18 Å². The molecule has 1 saturated heterocycles. The van der Waals surface area contributed by atoms with Crippen LogP contribution < -0.4 is 5.32 Å². The maximum atomic E-state index is 12.1. The lowest BCUT2D eigenvalue weighted by Gasteiger charge is -2.22. The summed E-state index contributed by atoms with van der Waals surface area (Å²) in [7, 11) is -3.62. The summed E-state index contributed by atoms with van der Waals surface area (Å²) in [6.45, 7) is 4.22. The van der Waals surface area contributed by atoms with Crippen LogP contribution in [0.4, 0.5) is 0 Å². The van der Waals surface area contributed by atoms with Crippen LogP contribution in [0.3, 0.4) is 0 Å². The average molecular weight is 391 g/mol. The van der Waals surface area contributed by atoms with E-state index in [2.05, 4.69) is 10.1 Å². The van der Waals surface area contributed by atoms with E-state index >= 15 is 0 Å². The molecule has 6 nitrogen and oxygen atoms in total. The van der Waals surface area contributed by atoms with E-state index in [0.29, 0.717) is 13.1 Å². The number of hydrogen-bond donors (Lipinski definition) is 1. The highest BCUT2D eigenvalue weighted by Crippen LogP contribution is 2.20.